The summed E-state index contributed by atoms with van der Waals surface area (Å²) in [5, 5.41) is 0. The molecule has 0 atom stereocenters. The van der Waals surface area contributed by atoms with Gasteiger partial charge in [0.2, 0.25) is 0 Å². The van der Waals surface area contributed by atoms with E-state index in [1.165, 1.54) is 64.2 Å². The molecule has 0 N–H and O–H groups in total. The second-order valence-electron chi connectivity index (χ2n) is 5.18. The minimum absolute atomic E-state index is 0.493. The normalized spacial score (nSPS) is 10.8. The van der Waals surface area contributed by atoms with Crippen LogP contribution in [0.15, 0.2) is 0 Å². The van der Waals surface area contributed by atoms with Gasteiger partial charge in [0.25, 0.3) is 0 Å². The first-order chi connectivity index (χ1) is 8.31. The molecule has 0 saturated carbocycles. The van der Waals surface area contributed by atoms with E-state index in [2.05, 4.69) is 6.92 Å². The topological polar surface area (TPSA) is 17.1 Å². The number of rotatable bonds is 13. The Hall–Kier alpha value is 0.670. The first-order valence-corrected chi connectivity index (χ1v) is 9.24. The van der Waals surface area contributed by atoms with Gasteiger partial charge in [0.15, 0.2) is 0 Å². The van der Waals surface area contributed by atoms with E-state index in [0.717, 1.165) is 44.4 Å². The molecule has 0 bridgehead atoms. The number of carbonyl (C=O) groups excluding carboxylic acids is 1. The number of unbranched alkanes of at least 4 members (excludes halogenated alkanes) is 10. The van der Waals surface area contributed by atoms with Crippen LogP contribution in [0.5, 0.6) is 0 Å². The van der Waals surface area contributed by atoms with Crippen molar-refractivity contribution in [3.63, 3.8) is 0 Å². The molecule has 0 fully saturated rings. The molecule has 0 aliphatic heterocycles. The molecule has 17 heavy (non-hydrogen) atoms. The zero-order chi connectivity index (χ0) is 12.8. The van der Waals surface area contributed by atoms with Crippen molar-refractivity contribution in [2.24, 2.45) is 0 Å². The van der Waals surface area contributed by atoms with Gasteiger partial charge in [-0.1, -0.05) is 19.8 Å². The van der Waals surface area contributed by atoms with Crippen LogP contribution in [-0.4, -0.2) is 33.7 Å². The summed E-state index contributed by atoms with van der Waals surface area (Å²) in [5.41, 5.74) is 0. The zero-order valence-electron chi connectivity index (χ0n) is 12.1. The molecule has 0 spiro atoms. The molecule has 0 aliphatic carbocycles. The summed E-state index contributed by atoms with van der Waals surface area (Å²) in [6, 6.07) is 0. The van der Waals surface area contributed by atoms with Crippen molar-refractivity contribution in [2.45, 2.75) is 87.6 Å². The average molecular weight is 248 g/mol. The van der Waals surface area contributed by atoms with Gasteiger partial charge in [-0.15, -0.1) is 0 Å². The molecule has 0 aromatic carbocycles. The van der Waals surface area contributed by atoms with E-state index in [4.69, 9.17) is 0 Å². The first kappa shape index (κ1) is 17.7. The predicted octanol–water partition coefficient (Wildman–Crippen LogP) is 4.84. The SMILES string of the molecule is CCCCCCCCCCCCCC(=O)[CH2][Na]. The summed E-state index contributed by atoms with van der Waals surface area (Å²) in [6.07, 6.45) is 15.8. The van der Waals surface area contributed by atoms with Gasteiger partial charge in [0.05, 0.1) is 0 Å². The molecule has 0 rings (SSSR count). The van der Waals surface area contributed by atoms with Crippen LogP contribution in [0.4, 0.5) is 0 Å². The van der Waals surface area contributed by atoms with E-state index < -0.39 is 0 Å². The quantitative estimate of drug-likeness (QED) is 0.336. The molecule has 0 amide bonds. The monoisotopic (exact) mass is 248 g/mol. The Bertz CT molecular complexity index is 168. The van der Waals surface area contributed by atoms with E-state index in [0.29, 0.717) is 5.78 Å². The van der Waals surface area contributed by atoms with E-state index in [9.17, 15) is 4.79 Å². The Balaban J connectivity index is 2.96. The third-order valence-corrected chi connectivity index (χ3v) is 4.24. The molecule has 0 saturated heterocycles. The van der Waals surface area contributed by atoms with E-state index in [1.54, 1.807) is 0 Å². The van der Waals surface area contributed by atoms with Crippen LogP contribution in [0.3, 0.4) is 0 Å². The fraction of sp³-hybridized carbons (Fsp3) is 0.933. The number of carbonyl (C=O) groups is 1. The van der Waals surface area contributed by atoms with E-state index in [-0.39, 0.29) is 0 Å². The first-order valence-electron chi connectivity index (χ1n) is 7.83. The summed E-state index contributed by atoms with van der Waals surface area (Å²) < 4.78 is 0.859. The Labute approximate surface area is 126 Å². The second kappa shape index (κ2) is 14.7. The van der Waals surface area contributed by atoms with Crippen LogP contribution in [0, 0.1) is 0 Å². The summed E-state index contributed by atoms with van der Waals surface area (Å²) >= 11 is 1.04. The maximum atomic E-state index is 11.1. The van der Waals surface area contributed by atoms with Crippen molar-refractivity contribution in [3.8, 4) is 0 Å². The van der Waals surface area contributed by atoms with Gasteiger partial charge >= 0.3 is 106 Å². The Morgan fingerprint density at radius 2 is 1.18 bits per heavy atom. The van der Waals surface area contributed by atoms with Gasteiger partial charge in [-0.05, 0) is 0 Å². The van der Waals surface area contributed by atoms with E-state index in [1.807, 2.05) is 0 Å². The van der Waals surface area contributed by atoms with Crippen LogP contribution >= 0.6 is 0 Å². The third kappa shape index (κ3) is 14.6. The Kier molecular flexibility index (Phi) is 15.3. The van der Waals surface area contributed by atoms with Crippen LogP contribution in [0.1, 0.15) is 84.0 Å². The number of hydrogen-bond donors (Lipinski definition) is 0. The van der Waals surface area contributed by atoms with Crippen LogP contribution in [-0.2, 0) is 4.79 Å². The number of Topliss-reactive ketones (excluding diaryl/α,β-unsaturated/α-hetero) is 1. The molecular formula is C15H29NaO. The fourth-order valence-electron chi connectivity index (χ4n) is 2.16. The van der Waals surface area contributed by atoms with Gasteiger partial charge < -0.3 is 0 Å². The summed E-state index contributed by atoms with van der Waals surface area (Å²) in [4.78, 5) is 11.1. The molecule has 2 heteroatoms. The van der Waals surface area contributed by atoms with E-state index >= 15 is 0 Å². The molecule has 0 aliphatic rings. The summed E-state index contributed by atoms with van der Waals surface area (Å²) in [5.74, 6) is 0.493. The van der Waals surface area contributed by atoms with Crippen LogP contribution in [0.25, 0.3) is 0 Å². The molecule has 0 aromatic heterocycles. The summed E-state index contributed by atoms with van der Waals surface area (Å²) in [6.45, 7) is 2.27. The van der Waals surface area contributed by atoms with Crippen molar-refractivity contribution in [1.29, 1.82) is 0 Å². The molecular weight excluding hydrogens is 219 g/mol. The molecule has 0 heterocycles. The van der Waals surface area contributed by atoms with Crippen LogP contribution < -0.4 is 0 Å². The molecule has 0 radical (unpaired) electrons. The second-order valence-corrected chi connectivity index (χ2v) is 5.88. The van der Waals surface area contributed by atoms with Crippen LogP contribution in [0.2, 0.25) is 3.67 Å². The molecule has 1 nitrogen and oxygen atoms in total. The fourth-order valence-corrected chi connectivity index (χ4v) is 2.52. The number of ketones is 1. The van der Waals surface area contributed by atoms with Crippen molar-refractivity contribution < 1.29 is 4.79 Å². The zero-order valence-corrected chi connectivity index (χ0v) is 14.1. The van der Waals surface area contributed by atoms with Gasteiger partial charge in [-0.25, -0.2) is 0 Å². The van der Waals surface area contributed by atoms with Crippen molar-refractivity contribution in [2.75, 3.05) is 0 Å². The van der Waals surface area contributed by atoms with Gasteiger partial charge in [-0.2, -0.15) is 0 Å². The molecule has 0 aromatic rings. The summed E-state index contributed by atoms with van der Waals surface area (Å²) in [7, 11) is 0. The van der Waals surface area contributed by atoms with Crippen molar-refractivity contribution in [1.82, 2.24) is 0 Å². The molecule has 0 unspecified atom stereocenters. The molecule has 96 valence electrons. The number of hydrogen-bond acceptors (Lipinski definition) is 1. The minimum atomic E-state index is 0.493. The van der Waals surface area contributed by atoms with Gasteiger partial charge in [0, 0.05) is 0 Å². The Morgan fingerprint density at radius 3 is 1.59 bits per heavy atom. The van der Waals surface area contributed by atoms with Gasteiger partial charge in [0.1, 0.15) is 0 Å². The van der Waals surface area contributed by atoms with Crippen molar-refractivity contribution in [3.05, 3.63) is 0 Å². The Morgan fingerprint density at radius 1 is 0.765 bits per heavy atom. The average Bonchev–Trinajstić information content (AvgIpc) is 2.35. The van der Waals surface area contributed by atoms with Gasteiger partial charge in [-0.3, -0.25) is 0 Å². The standard InChI is InChI=1S/C15H29O.Na/c1-3-4-5-6-7-8-9-10-11-12-13-14-15(2)16;/h2-14H2,1H3;. The van der Waals surface area contributed by atoms with Crippen molar-refractivity contribution >= 4 is 33.7 Å². The maximum absolute atomic E-state index is 11.1. The predicted molar refractivity (Wildman–Crippen MR) is 76.6 cm³/mol. The third-order valence-electron chi connectivity index (χ3n) is 3.45.